The van der Waals surface area contributed by atoms with E-state index in [9.17, 15) is 4.79 Å². The molecule has 0 unspecified atom stereocenters. The van der Waals surface area contributed by atoms with E-state index in [4.69, 9.17) is 4.11 Å². The molecule has 3 heteroatoms. The second-order valence-electron chi connectivity index (χ2n) is 2.50. The summed E-state index contributed by atoms with van der Waals surface area (Å²) in [6, 6.07) is 8.46. The van der Waals surface area contributed by atoms with E-state index >= 15 is 0 Å². The topological polar surface area (TPSA) is 41.5 Å². The summed E-state index contributed by atoms with van der Waals surface area (Å²) in [4.78, 5) is 11.5. The van der Waals surface area contributed by atoms with E-state index in [1.807, 2.05) is 0 Å². The third-order valence-electron chi connectivity index (χ3n) is 1.36. The third-order valence-corrected chi connectivity index (χ3v) is 1.36. The van der Waals surface area contributed by atoms with E-state index in [-0.39, 0.29) is 5.71 Å². The molecule has 0 aromatic heterocycles. The highest BCUT2D eigenvalue weighted by Gasteiger charge is 2.01. The van der Waals surface area contributed by atoms with Crippen LogP contribution in [-0.2, 0) is 0 Å². The van der Waals surface area contributed by atoms with Crippen molar-refractivity contribution in [3.63, 3.8) is 0 Å². The number of nitrogens with zero attached hydrogens (tertiary/aromatic N) is 1. The highest BCUT2D eigenvalue weighted by Crippen LogP contribution is 1.97. The Kier molecular flexibility index (Phi) is 2.00. The highest BCUT2D eigenvalue weighted by atomic mass is 16.2. The summed E-state index contributed by atoms with van der Waals surface area (Å²) in [6.07, 6.45) is 0. The first kappa shape index (κ1) is 5.91. The minimum Gasteiger partial charge on any atom is -0.267 e. The van der Waals surface area contributed by atoms with Gasteiger partial charge in [0, 0.05) is 15.4 Å². The maximum Gasteiger partial charge on any atom is 0.271 e. The van der Waals surface area contributed by atoms with Gasteiger partial charge in [0.25, 0.3) is 5.91 Å². The number of carbonyl (C=O) groups excluding carboxylic acids is 1. The molecule has 3 nitrogen and oxygen atoms in total. The van der Waals surface area contributed by atoms with E-state index in [1.165, 1.54) is 6.92 Å². The number of amides is 1. The number of hydrogen-bond donors (Lipinski definition) is 1. The Balaban J connectivity index is 2.67. The highest BCUT2D eigenvalue weighted by molar-refractivity contribution is 5.94. The Labute approximate surface area is 81.7 Å². The van der Waals surface area contributed by atoms with Crippen LogP contribution in [0.3, 0.4) is 0 Å². The summed E-state index contributed by atoms with van der Waals surface area (Å²) in [5.41, 5.74) is 2.53. The van der Waals surface area contributed by atoms with Crippen LogP contribution >= 0.6 is 0 Å². The number of benzene rings is 1. The molecular weight excluding hydrogens is 164 g/mol. The Hall–Kier alpha value is -1.64. The molecule has 0 aliphatic rings. The normalized spacial score (nSPS) is 15.5. The molecule has 1 N–H and O–H groups in total. The standard InChI is InChI=1S/C10H12N2O/c1-8(2)11-12-10(13)9-6-4-3-5-7-9/h3-7H,1-2H3,(H,12,13)/i1D3. The molecule has 1 aromatic rings. The van der Waals surface area contributed by atoms with Crippen molar-refractivity contribution in [1.29, 1.82) is 0 Å². The fourth-order valence-electron chi connectivity index (χ4n) is 0.789. The fourth-order valence-corrected chi connectivity index (χ4v) is 0.789. The first-order valence-corrected chi connectivity index (χ1v) is 3.81. The van der Waals surface area contributed by atoms with E-state index in [0.29, 0.717) is 5.56 Å². The minimum absolute atomic E-state index is 0.100. The minimum atomic E-state index is -2.27. The molecule has 0 fully saturated rings. The second kappa shape index (κ2) is 4.40. The third kappa shape index (κ3) is 3.07. The number of carbonyl (C=O) groups is 1. The van der Waals surface area contributed by atoms with Crippen molar-refractivity contribution in [2.24, 2.45) is 5.10 Å². The molecule has 0 bridgehead atoms. The molecular formula is C10H12N2O. The number of hydrazone groups is 1. The summed E-state index contributed by atoms with van der Waals surface area (Å²) in [5, 5.41) is 3.53. The van der Waals surface area contributed by atoms with E-state index in [2.05, 4.69) is 10.5 Å². The molecule has 1 rings (SSSR count). The molecule has 13 heavy (non-hydrogen) atoms. The zero-order chi connectivity index (χ0) is 12.2. The maximum atomic E-state index is 11.5. The number of rotatable bonds is 2. The van der Waals surface area contributed by atoms with Gasteiger partial charge in [-0.1, -0.05) is 18.2 Å². The average molecular weight is 179 g/mol. The van der Waals surface area contributed by atoms with Crippen molar-refractivity contribution in [3.05, 3.63) is 35.9 Å². The van der Waals surface area contributed by atoms with Gasteiger partial charge in [-0.05, 0) is 25.9 Å². The van der Waals surface area contributed by atoms with Gasteiger partial charge in [0.1, 0.15) is 0 Å². The van der Waals surface area contributed by atoms with Gasteiger partial charge >= 0.3 is 0 Å². The van der Waals surface area contributed by atoms with Crippen molar-refractivity contribution in [3.8, 4) is 0 Å². The molecule has 0 aliphatic heterocycles. The Bertz CT molecular complexity index is 398. The zero-order valence-corrected chi connectivity index (χ0v) is 7.24. The van der Waals surface area contributed by atoms with Crippen LogP contribution in [0.4, 0.5) is 0 Å². The fraction of sp³-hybridized carbons (Fsp3) is 0.200. The van der Waals surface area contributed by atoms with Gasteiger partial charge in [-0.3, -0.25) is 4.79 Å². The monoisotopic (exact) mass is 179 g/mol. The second-order valence-corrected chi connectivity index (χ2v) is 2.50. The van der Waals surface area contributed by atoms with E-state index < -0.39 is 12.8 Å². The first-order chi connectivity index (χ1) is 7.41. The van der Waals surface area contributed by atoms with Gasteiger partial charge in [-0.25, -0.2) is 5.43 Å². The Morgan fingerprint density at radius 3 is 2.77 bits per heavy atom. The Morgan fingerprint density at radius 1 is 1.46 bits per heavy atom. The van der Waals surface area contributed by atoms with Crippen molar-refractivity contribution < 1.29 is 8.91 Å². The van der Waals surface area contributed by atoms with Crippen LogP contribution in [0.15, 0.2) is 35.4 Å². The smallest absolute Gasteiger partial charge is 0.267 e. The van der Waals surface area contributed by atoms with Crippen LogP contribution in [0.2, 0.25) is 0 Å². The lowest BCUT2D eigenvalue weighted by molar-refractivity contribution is 0.0955. The van der Waals surface area contributed by atoms with Crippen molar-refractivity contribution in [2.45, 2.75) is 13.8 Å². The molecule has 0 spiro atoms. The summed E-state index contributed by atoms with van der Waals surface area (Å²) < 4.78 is 21.1. The zero-order valence-electron chi connectivity index (χ0n) is 10.2. The van der Waals surface area contributed by atoms with Gasteiger partial charge in [0.2, 0.25) is 0 Å². The van der Waals surface area contributed by atoms with Gasteiger partial charge < -0.3 is 0 Å². The molecule has 0 atom stereocenters. The first-order valence-electron chi connectivity index (χ1n) is 5.31. The van der Waals surface area contributed by atoms with Gasteiger partial charge in [0.15, 0.2) is 0 Å². The molecule has 0 saturated carbocycles. The molecule has 1 aromatic carbocycles. The maximum absolute atomic E-state index is 11.5. The van der Waals surface area contributed by atoms with E-state index in [1.54, 1.807) is 30.3 Å². The SMILES string of the molecule is [2H]C([2H])([2H])C(C)=NNC(=O)c1ccccc1. The van der Waals surface area contributed by atoms with E-state index in [0.717, 1.165) is 0 Å². The van der Waals surface area contributed by atoms with Crippen molar-refractivity contribution in [2.75, 3.05) is 0 Å². The molecule has 0 aliphatic carbocycles. The lowest BCUT2D eigenvalue weighted by Gasteiger charge is -1.98. The quantitative estimate of drug-likeness (QED) is 0.546. The number of hydrogen-bond acceptors (Lipinski definition) is 2. The van der Waals surface area contributed by atoms with Crippen LogP contribution in [-0.4, -0.2) is 11.6 Å². The average Bonchev–Trinajstić information content (AvgIpc) is 2.25. The lowest BCUT2D eigenvalue weighted by Crippen LogP contribution is -2.18. The molecule has 0 saturated heterocycles. The molecule has 0 radical (unpaired) electrons. The predicted octanol–water partition coefficient (Wildman–Crippen LogP) is 1.81. The van der Waals surface area contributed by atoms with Gasteiger partial charge in [-0.15, -0.1) is 0 Å². The van der Waals surface area contributed by atoms with Gasteiger partial charge in [0.05, 0.1) is 0 Å². The summed E-state index contributed by atoms with van der Waals surface area (Å²) in [7, 11) is 0. The molecule has 1 amide bonds. The van der Waals surface area contributed by atoms with Gasteiger partial charge in [-0.2, -0.15) is 5.10 Å². The van der Waals surface area contributed by atoms with Crippen LogP contribution < -0.4 is 5.43 Å². The van der Waals surface area contributed by atoms with Crippen molar-refractivity contribution >= 4 is 11.6 Å². The van der Waals surface area contributed by atoms with Crippen LogP contribution in [0, 0.1) is 0 Å². The summed E-state index contributed by atoms with van der Waals surface area (Å²) >= 11 is 0. The van der Waals surface area contributed by atoms with Crippen molar-refractivity contribution in [1.82, 2.24) is 5.43 Å². The molecule has 68 valence electrons. The van der Waals surface area contributed by atoms with Crippen LogP contribution in [0.1, 0.15) is 28.2 Å². The Morgan fingerprint density at radius 2 is 2.15 bits per heavy atom. The van der Waals surface area contributed by atoms with Crippen LogP contribution in [0.5, 0.6) is 0 Å². The molecule has 0 heterocycles. The summed E-state index contributed by atoms with van der Waals surface area (Å²) in [5.74, 6) is -0.427. The lowest BCUT2D eigenvalue weighted by atomic mass is 10.2. The largest absolute Gasteiger partial charge is 0.271 e. The number of nitrogens with one attached hydrogen (secondary N) is 1. The summed E-state index contributed by atoms with van der Waals surface area (Å²) in [6.45, 7) is -0.928. The van der Waals surface area contributed by atoms with Crippen LogP contribution in [0.25, 0.3) is 0 Å². The predicted molar refractivity (Wildman–Crippen MR) is 52.7 cm³/mol.